The van der Waals surface area contributed by atoms with Gasteiger partial charge in [0.2, 0.25) is 12.1 Å². The molecule has 0 N–H and O–H groups in total. The molecule has 16 heavy (non-hydrogen) atoms. The van der Waals surface area contributed by atoms with Crippen molar-refractivity contribution in [1.82, 2.24) is 10.1 Å². The molecule has 0 aliphatic carbocycles. The molecule has 0 bridgehead atoms. The van der Waals surface area contributed by atoms with E-state index in [1.54, 1.807) is 0 Å². The third-order valence-electron chi connectivity index (χ3n) is 1.88. The van der Waals surface area contributed by atoms with Crippen molar-refractivity contribution >= 4 is 12.0 Å². The molecule has 2 rings (SSSR count). The van der Waals surface area contributed by atoms with Gasteiger partial charge in [-0.15, -0.1) is 0 Å². The number of hydrogen-bond donors (Lipinski definition) is 0. The molecule has 80 valence electrons. The Bertz CT molecular complexity index is 532. The standard InChI is InChI=1S/C9H5N3O4/c13-5-8-10-9(11-16-8)6-1-3-7(4-2-6)12(14)15/h1-5H. The summed E-state index contributed by atoms with van der Waals surface area (Å²) in [6.45, 7) is 0. The van der Waals surface area contributed by atoms with E-state index in [-0.39, 0.29) is 17.4 Å². The van der Waals surface area contributed by atoms with Gasteiger partial charge in [0.15, 0.2) is 0 Å². The van der Waals surface area contributed by atoms with Gasteiger partial charge in [-0.3, -0.25) is 14.9 Å². The third kappa shape index (κ3) is 1.78. The Balaban J connectivity index is 2.34. The second-order valence-electron chi connectivity index (χ2n) is 2.88. The Morgan fingerprint density at radius 1 is 1.31 bits per heavy atom. The van der Waals surface area contributed by atoms with Crippen LogP contribution in [0.2, 0.25) is 0 Å². The number of aromatic nitrogens is 2. The largest absolute Gasteiger partial charge is 0.331 e. The number of hydrogen-bond acceptors (Lipinski definition) is 6. The summed E-state index contributed by atoms with van der Waals surface area (Å²) in [5.74, 6) is 0.0883. The Labute approximate surface area is 88.9 Å². The lowest BCUT2D eigenvalue weighted by Crippen LogP contribution is -1.88. The van der Waals surface area contributed by atoms with Gasteiger partial charge < -0.3 is 4.52 Å². The summed E-state index contributed by atoms with van der Waals surface area (Å²) >= 11 is 0. The van der Waals surface area contributed by atoms with E-state index in [0.29, 0.717) is 11.8 Å². The van der Waals surface area contributed by atoms with Gasteiger partial charge in [-0.25, -0.2) is 0 Å². The number of carbonyl (C=O) groups excluding carboxylic acids is 1. The third-order valence-corrected chi connectivity index (χ3v) is 1.88. The molecule has 7 heteroatoms. The number of carbonyl (C=O) groups is 1. The molecule has 0 saturated heterocycles. The lowest BCUT2D eigenvalue weighted by atomic mass is 10.2. The first-order chi connectivity index (χ1) is 7.70. The predicted octanol–water partition coefficient (Wildman–Crippen LogP) is 1.46. The summed E-state index contributed by atoms with van der Waals surface area (Å²) in [6.07, 6.45) is 0.432. The maximum absolute atomic E-state index is 10.4. The fourth-order valence-electron chi connectivity index (χ4n) is 1.13. The minimum Gasteiger partial charge on any atom is -0.331 e. The van der Waals surface area contributed by atoms with Crippen molar-refractivity contribution in [3.8, 4) is 11.4 Å². The molecule has 0 fully saturated rings. The zero-order chi connectivity index (χ0) is 11.5. The normalized spacial score (nSPS) is 10.0. The molecule has 1 aromatic carbocycles. The smallest absolute Gasteiger partial charge is 0.291 e. The monoisotopic (exact) mass is 219 g/mol. The Morgan fingerprint density at radius 3 is 2.50 bits per heavy atom. The number of non-ortho nitro benzene ring substituents is 1. The van der Waals surface area contributed by atoms with Gasteiger partial charge in [0, 0.05) is 17.7 Å². The van der Waals surface area contributed by atoms with E-state index in [2.05, 4.69) is 14.7 Å². The highest BCUT2D eigenvalue weighted by atomic mass is 16.6. The maximum atomic E-state index is 10.4. The van der Waals surface area contributed by atoms with E-state index in [9.17, 15) is 14.9 Å². The fraction of sp³-hybridized carbons (Fsp3) is 0. The van der Waals surface area contributed by atoms with Gasteiger partial charge in [0.1, 0.15) is 0 Å². The molecule has 1 aromatic heterocycles. The molecule has 0 aliphatic heterocycles. The average molecular weight is 219 g/mol. The first-order valence-corrected chi connectivity index (χ1v) is 4.24. The van der Waals surface area contributed by atoms with E-state index in [1.807, 2.05) is 0 Å². The van der Waals surface area contributed by atoms with Crippen LogP contribution in [-0.2, 0) is 0 Å². The molecule has 1 heterocycles. The Kier molecular flexibility index (Phi) is 2.42. The van der Waals surface area contributed by atoms with Crippen LogP contribution in [0.15, 0.2) is 28.8 Å². The van der Waals surface area contributed by atoms with Crippen LogP contribution in [0.1, 0.15) is 10.7 Å². The minimum atomic E-state index is -0.503. The Hall–Kier alpha value is -2.57. The van der Waals surface area contributed by atoms with Crippen LogP contribution in [0, 0.1) is 10.1 Å². The summed E-state index contributed by atoms with van der Waals surface area (Å²) < 4.78 is 4.58. The molecule has 0 aliphatic rings. The second kappa shape index (κ2) is 3.89. The SMILES string of the molecule is O=Cc1nc(-c2ccc([N+](=O)[O-])cc2)no1. The molecule has 0 spiro atoms. The van der Waals surface area contributed by atoms with Crippen molar-refractivity contribution in [1.29, 1.82) is 0 Å². The molecule has 2 aromatic rings. The number of rotatable bonds is 3. The number of benzene rings is 1. The molecule has 0 atom stereocenters. The van der Waals surface area contributed by atoms with Crippen LogP contribution in [0.5, 0.6) is 0 Å². The second-order valence-corrected chi connectivity index (χ2v) is 2.88. The minimum absolute atomic E-state index is 0.0251. The summed E-state index contributed by atoms with van der Waals surface area (Å²) in [6, 6.07) is 5.62. The maximum Gasteiger partial charge on any atom is 0.291 e. The van der Waals surface area contributed by atoms with Crippen LogP contribution in [0.4, 0.5) is 5.69 Å². The van der Waals surface area contributed by atoms with Gasteiger partial charge in [-0.1, -0.05) is 5.16 Å². The molecule has 0 unspecified atom stereocenters. The molecular weight excluding hydrogens is 214 g/mol. The summed E-state index contributed by atoms with van der Waals surface area (Å²) in [5, 5.41) is 14.0. The molecular formula is C9H5N3O4. The van der Waals surface area contributed by atoms with E-state index >= 15 is 0 Å². The van der Waals surface area contributed by atoms with Crippen molar-refractivity contribution in [2.75, 3.05) is 0 Å². The molecule has 7 nitrogen and oxygen atoms in total. The molecule has 0 amide bonds. The van der Waals surface area contributed by atoms with Gasteiger partial charge >= 0.3 is 0 Å². The lowest BCUT2D eigenvalue weighted by molar-refractivity contribution is -0.384. The highest BCUT2D eigenvalue weighted by Crippen LogP contribution is 2.19. The van der Waals surface area contributed by atoms with E-state index in [0.717, 1.165) is 0 Å². The number of aldehydes is 1. The van der Waals surface area contributed by atoms with Crippen molar-refractivity contribution in [3.05, 3.63) is 40.3 Å². The zero-order valence-corrected chi connectivity index (χ0v) is 7.86. The summed E-state index contributed by atoms with van der Waals surface area (Å²) in [7, 11) is 0. The number of nitro groups is 1. The highest BCUT2D eigenvalue weighted by molar-refractivity contribution is 5.69. The number of nitrogens with zero attached hydrogens (tertiary/aromatic N) is 3. The first-order valence-electron chi connectivity index (χ1n) is 4.24. The highest BCUT2D eigenvalue weighted by Gasteiger charge is 2.09. The van der Waals surface area contributed by atoms with Crippen molar-refractivity contribution in [3.63, 3.8) is 0 Å². The summed E-state index contributed by atoms with van der Waals surface area (Å²) in [4.78, 5) is 24.0. The lowest BCUT2D eigenvalue weighted by Gasteiger charge is -1.93. The first kappa shape index (κ1) is 9.97. The molecule has 0 radical (unpaired) electrons. The number of nitro benzene ring substituents is 1. The van der Waals surface area contributed by atoms with Gasteiger partial charge in [-0.05, 0) is 12.1 Å². The van der Waals surface area contributed by atoms with Crippen LogP contribution >= 0.6 is 0 Å². The van der Waals surface area contributed by atoms with Crippen molar-refractivity contribution in [2.45, 2.75) is 0 Å². The quantitative estimate of drug-likeness (QED) is 0.440. The molecule has 0 saturated carbocycles. The van der Waals surface area contributed by atoms with Crippen molar-refractivity contribution < 1.29 is 14.2 Å². The van der Waals surface area contributed by atoms with Crippen LogP contribution < -0.4 is 0 Å². The Morgan fingerprint density at radius 2 is 2.00 bits per heavy atom. The van der Waals surface area contributed by atoms with Gasteiger partial charge in [-0.2, -0.15) is 4.98 Å². The van der Waals surface area contributed by atoms with Gasteiger partial charge in [0.25, 0.3) is 11.6 Å². The van der Waals surface area contributed by atoms with Crippen LogP contribution in [-0.4, -0.2) is 21.4 Å². The summed E-state index contributed by atoms with van der Waals surface area (Å²) in [5.41, 5.74) is 0.519. The van der Waals surface area contributed by atoms with E-state index in [4.69, 9.17) is 0 Å². The van der Waals surface area contributed by atoms with Crippen LogP contribution in [0.25, 0.3) is 11.4 Å². The van der Waals surface area contributed by atoms with Crippen LogP contribution in [0.3, 0.4) is 0 Å². The fourth-order valence-corrected chi connectivity index (χ4v) is 1.13. The van der Waals surface area contributed by atoms with E-state index < -0.39 is 4.92 Å². The zero-order valence-electron chi connectivity index (χ0n) is 7.86. The van der Waals surface area contributed by atoms with Gasteiger partial charge in [0.05, 0.1) is 4.92 Å². The topological polar surface area (TPSA) is 99.1 Å². The van der Waals surface area contributed by atoms with E-state index in [1.165, 1.54) is 24.3 Å². The average Bonchev–Trinajstić information content (AvgIpc) is 2.77. The predicted molar refractivity (Wildman–Crippen MR) is 51.8 cm³/mol. The van der Waals surface area contributed by atoms with Crippen molar-refractivity contribution in [2.24, 2.45) is 0 Å².